The Hall–Kier alpha value is -5.66. The van der Waals surface area contributed by atoms with Crippen molar-refractivity contribution in [2.45, 2.75) is 39.4 Å². The van der Waals surface area contributed by atoms with Gasteiger partial charge in [-0.3, -0.25) is 5.32 Å². The molecule has 0 radical (unpaired) electrons. The van der Waals surface area contributed by atoms with E-state index in [1.54, 1.807) is 31.2 Å². The van der Waals surface area contributed by atoms with E-state index in [0.29, 0.717) is 58.6 Å². The van der Waals surface area contributed by atoms with Crippen LogP contribution in [0.1, 0.15) is 32.0 Å². The third-order valence-electron chi connectivity index (χ3n) is 6.75. The molecule has 0 saturated heterocycles. The number of aromatic nitrogens is 6. The second-order valence-electron chi connectivity index (χ2n) is 11.4. The van der Waals surface area contributed by atoms with Crippen molar-refractivity contribution in [2.24, 2.45) is 0 Å². The molecule has 1 aliphatic heterocycles. The summed E-state index contributed by atoms with van der Waals surface area (Å²) in [5, 5.41) is 18.1. The van der Waals surface area contributed by atoms with Crippen LogP contribution in [0.3, 0.4) is 0 Å². The summed E-state index contributed by atoms with van der Waals surface area (Å²) < 4.78 is 23.5. The number of fused-ring (bicyclic) bond motifs is 2. The maximum atomic E-state index is 12.9. The predicted molar refractivity (Wildman–Crippen MR) is 167 cm³/mol. The van der Waals surface area contributed by atoms with Gasteiger partial charge >= 0.3 is 6.03 Å². The molecule has 4 heterocycles. The second kappa shape index (κ2) is 12.1. The van der Waals surface area contributed by atoms with Crippen LogP contribution in [-0.2, 0) is 13.1 Å². The third kappa shape index (κ3) is 6.95. The number of ether oxygens (including phenoxy) is 4. The minimum absolute atomic E-state index is 0.229. The van der Waals surface area contributed by atoms with Gasteiger partial charge in [-0.15, -0.1) is 5.10 Å². The van der Waals surface area contributed by atoms with Crippen molar-refractivity contribution < 1.29 is 23.7 Å². The van der Waals surface area contributed by atoms with Gasteiger partial charge in [0, 0.05) is 28.8 Å². The number of pyridine rings is 1. The van der Waals surface area contributed by atoms with Crippen LogP contribution in [0.5, 0.6) is 23.0 Å². The highest BCUT2D eigenvalue weighted by Crippen LogP contribution is 2.35. The highest BCUT2D eigenvalue weighted by Gasteiger charge is 2.19. The summed E-state index contributed by atoms with van der Waals surface area (Å²) in [6.45, 7) is 6.79. The van der Waals surface area contributed by atoms with E-state index in [9.17, 15) is 4.79 Å². The largest absolute Gasteiger partial charge is 0.497 e. The van der Waals surface area contributed by atoms with Gasteiger partial charge in [-0.1, -0.05) is 11.3 Å². The number of anilines is 2. The van der Waals surface area contributed by atoms with Crippen LogP contribution in [0.4, 0.5) is 16.6 Å². The monoisotopic (exact) mass is 611 g/mol. The van der Waals surface area contributed by atoms with Crippen molar-refractivity contribution >= 4 is 28.8 Å². The zero-order valence-electron chi connectivity index (χ0n) is 25.5. The van der Waals surface area contributed by atoms with Gasteiger partial charge in [0.05, 0.1) is 33.5 Å². The predicted octanol–water partition coefficient (Wildman–Crippen LogP) is 4.61. The van der Waals surface area contributed by atoms with Crippen molar-refractivity contribution in [3.63, 3.8) is 0 Å². The van der Waals surface area contributed by atoms with Crippen LogP contribution in [0.2, 0.25) is 0 Å². The minimum Gasteiger partial charge on any atom is -0.497 e. The topological polar surface area (TPSA) is 159 Å². The van der Waals surface area contributed by atoms with Crippen LogP contribution in [0, 0.1) is 0 Å². The van der Waals surface area contributed by atoms with Crippen LogP contribution >= 0.6 is 0 Å². The Bertz CT molecular complexity index is 1850. The summed E-state index contributed by atoms with van der Waals surface area (Å²) in [5.41, 5.74) is 3.04. The van der Waals surface area contributed by atoms with E-state index in [2.05, 4.69) is 36.2 Å². The Morgan fingerprint density at radius 2 is 1.78 bits per heavy atom. The zero-order valence-corrected chi connectivity index (χ0v) is 25.5. The van der Waals surface area contributed by atoms with Gasteiger partial charge in [0.1, 0.15) is 23.0 Å². The summed E-state index contributed by atoms with van der Waals surface area (Å²) in [6.07, 6.45) is 3.52. The number of benzene rings is 2. The molecule has 3 N–H and O–H groups in total. The van der Waals surface area contributed by atoms with Crippen LogP contribution < -0.4 is 34.9 Å². The zero-order chi connectivity index (χ0) is 31.6. The molecule has 0 spiro atoms. The molecule has 14 nitrogen and oxygen atoms in total. The number of urea groups is 1. The molecule has 0 aliphatic carbocycles. The van der Waals surface area contributed by atoms with E-state index in [1.165, 1.54) is 0 Å². The third-order valence-corrected chi connectivity index (χ3v) is 6.75. The lowest BCUT2D eigenvalue weighted by molar-refractivity contribution is 0.174. The van der Waals surface area contributed by atoms with E-state index in [0.717, 1.165) is 22.6 Å². The van der Waals surface area contributed by atoms with E-state index in [-0.39, 0.29) is 6.79 Å². The first kappa shape index (κ1) is 29.4. The molecule has 0 unspecified atom stereocenters. The molecular formula is C31H33N9O5. The highest BCUT2D eigenvalue weighted by molar-refractivity contribution is 5.96. The first-order valence-electron chi connectivity index (χ1n) is 14.2. The van der Waals surface area contributed by atoms with Crippen molar-refractivity contribution in [3.8, 4) is 34.1 Å². The van der Waals surface area contributed by atoms with E-state index >= 15 is 0 Å². The fourth-order valence-corrected chi connectivity index (χ4v) is 4.70. The minimum atomic E-state index is -0.453. The Morgan fingerprint density at radius 1 is 1.00 bits per heavy atom. The van der Waals surface area contributed by atoms with E-state index in [4.69, 9.17) is 23.9 Å². The molecule has 0 saturated carbocycles. The molecule has 0 fully saturated rings. The number of nitrogens with one attached hydrogen (secondary N) is 3. The average Bonchev–Trinajstić information content (AvgIpc) is 3.67. The first-order chi connectivity index (χ1) is 21.7. The standard InChI is InChI=1S/C31H33N9O5/c1-31(2,3)37-30(41)36-28-24(19-9-22(42-4)12-23(10-19)43-5)11-20-13-32-29(35-27(20)34-28)33-14-21-16-40(39-38-21)15-18-6-7-25-26(8-18)45-17-44-25/h6-13,16H,14-15,17H2,1-5H3,(H3,32,33,34,35,36,37,41). The first-order valence-corrected chi connectivity index (χ1v) is 14.2. The van der Waals surface area contributed by atoms with Crippen LogP contribution in [0.15, 0.2) is 54.9 Å². The van der Waals surface area contributed by atoms with Crippen LogP contribution in [0.25, 0.3) is 22.2 Å². The van der Waals surface area contributed by atoms with Crippen LogP contribution in [-0.4, -0.2) is 62.5 Å². The second-order valence-corrected chi connectivity index (χ2v) is 11.4. The lowest BCUT2D eigenvalue weighted by Gasteiger charge is -2.21. The Morgan fingerprint density at radius 3 is 2.53 bits per heavy atom. The number of amides is 2. The number of rotatable bonds is 9. The molecule has 232 valence electrons. The molecule has 6 rings (SSSR count). The molecule has 14 heteroatoms. The normalized spacial score (nSPS) is 12.2. The Balaban J connectivity index is 1.23. The quantitative estimate of drug-likeness (QED) is 0.214. The highest BCUT2D eigenvalue weighted by atomic mass is 16.7. The summed E-state index contributed by atoms with van der Waals surface area (Å²) in [4.78, 5) is 26.7. The molecule has 0 bridgehead atoms. The lowest BCUT2D eigenvalue weighted by atomic mass is 10.0. The maximum Gasteiger partial charge on any atom is 0.320 e. The summed E-state index contributed by atoms with van der Waals surface area (Å²) in [5.74, 6) is 3.31. The van der Waals surface area contributed by atoms with Gasteiger partial charge in [0.25, 0.3) is 0 Å². The Kier molecular flexibility index (Phi) is 7.94. The van der Waals surface area contributed by atoms with Gasteiger partial charge in [0.15, 0.2) is 17.1 Å². The summed E-state index contributed by atoms with van der Waals surface area (Å²) in [6, 6.07) is 12.7. The van der Waals surface area contributed by atoms with E-state index in [1.807, 2.05) is 63.4 Å². The molecule has 3 aromatic heterocycles. The van der Waals surface area contributed by atoms with Crippen molar-refractivity contribution in [2.75, 3.05) is 31.6 Å². The lowest BCUT2D eigenvalue weighted by Crippen LogP contribution is -2.43. The van der Waals surface area contributed by atoms with Gasteiger partial charge in [-0.2, -0.15) is 4.98 Å². The molecule has 5 aromatic rings. The maximum absolute atomic E-state index is 12.9. The molecule has 0 atom stereocenters. The summed E-state index contributed by atoms with van der Waals surface area (Å²) >= 11 is 0. The molecule has 2 aromatic carbocycles. The molecule has 2 amide bonds. The smallest absolute Gasteiger partial charge is 0.320 e. The SMILES string of the molecule is COc1cc(OC)cc(-c2cc3cnc(NCc4cn(Cc5ccc6c(c5)OCO6)nn4)nc3nc2NC(=O)NC(C)(C)C)c1. The van der Waals surface area contributed by atoms with Gasteiger partial charge in [-0.25, -0.2) is 19.4 Å². The molecule has 1 aliphatic rings. The van der Waals surface area contributed by atoms with Gasteiger partial charge in [0.2, 0.25) is 12.7 Å². The van der Waals surface area contributed by atoms with Gasteiger partial charge < -0.3 is 29.6 Å². The summed E-state index contributed by atoms with van der Waals surface area (Å²) in [7, 11) is 3.16. The Labute approximate surface area is 259 Å². The fraction of sp³-hybridized carbons (Fsp3) is 0.290. The number of methoxy groups -OCH3 is 2. The van der Waals surface area contributed by atoms with Gasteiger partial charge in [-0.05, 0) is 62.2 Å². The average molecular weight is 612 g/mol. The van der Waals surface area contributed by atoms with Crippen molar-refractivity contribution in [3.05, 3.63) is 66.1 Å². The molecule has 45 heavy (non-hydrogen) atoms. The molecular weight excluding hydrogens is 578 g/mol. The van der Waals surface area contributed by atoms with Crippen molar-refractivity contribution in [1.29, 1.82) is 0 Å². The number of hydrogen-bond acceptors (Lipinski definition) is 11. The number of hydrogen-bond donors (Lipinski definition) is 3. The number of carbonyl (C=O) groups is 1. The number of nitrogens with zero attached hydrogens (tertiary/aromatic N) is 6. The van der Waals surface area contributed by atoms with Crippen molar-refractivity contribution in [1.82, 2.24) is 35.3 Å². The number of carbonyl (C=O) groups excluding carboxylic acids is 1. The fourth-order valence-electron chi connectivity index (χ4n) is 4.70. The van der Waals surface area contributed by atoms with E-state index < -0.39 is 11.6 Å².